The van der Waals surface area contributed by atoms with E-state index >= 15 is 0 Å². The number of hydrogen-bond donors (Lipinski definition) is 0. The van der Waals surface area contributed by atoms with Crippen LogP contribution in [-0.4, -0.2) is 31.2 Å². The van der Waals surface area contributed by atoms with E-state index in [4.69, 9.17) is 10.00 Å². The number of hydrogen-bond acceptors (Lipinski definition) is 5. The van der Waals surface area contributed by atoms with E-state index in [1.54, 1.807) is 18.5 Å². The number of piperidine rings is 1. The average molecular weight is 245 g/mol. The SMILES string of the molecule is COC(=O)C1CCCN(c2cnccc2C#N)C1. The van der Waals surface area contributed by atoms with Crippen LogP contribution >= 0.6 is 0 Å². The zero-order valence-electron chi connectivity index (χ0n) is 10.3. The summed E-state index contributed by atoms with van der Waals surface area (Å²) in [6.07, 6.45) is 5.03. The van der Waals surface area contributed by atoms with Gasteiger partial charge in [-0.25, -0.2) is 0 Å². The van der Waals surface area contributed by atoms with Crippen molar-refractivity contribution in [2.45, 2.75) is 12.8 Å². The Bertz CT molecular complexity index is 481. The summed E-state index contributed by atoms with van der Waals surface area (Å²) in [5, 5.41) is 9.07. The van der Waals surface area contributed by atoms with Crippen LogP contribution in [0.25, 0.3) is 0 Å². The fourth-order valence-electron chi connectivity index (χ4n) is 2.29. The van der Waals surface area contributed by atoms with Gasteiger partial charge in [0, 0.05) is 19.3 Å². The lowest BCUT2D eigenvalue weighted by Crippen LogP contribution is -2.39. The number of carbonyl (C=O) groups excluding carboxylic acids is 1. The van der Waals surface area contributed by atoms with Crippen molar-refractivity contribution in [3.63, 3.8) is 0 Å². The molecular weight excluding hydrogens is 230 g/mol. The van der Waals surface area contributed by atoms with Crippen molar-refractivity contribution in [2.75, 3.05) is 25.1 Å². The van der Waals surface area contributed by atoms with Gasteiger partial charge in [0.05, 0.1) is 30.5 Å². The zero-order chi connectivity index (χ0) is 13.0. The molecule has 1 aromatic rings. The predicted molar refractivity (Wildman–Crippen MR) is 65.9 cm³/mol. The van der Waals surface area contributed by atoms with Gasteiger partial charge in [-0.1, -0.05) is 0 Å². The van der Waals surface area contributed by atoms with Gasteiger partial charge in [0.15, 0.2) is 0 Å². The molecule has 18 heavy (non-hydrogen) atoms. The molecule has 0 bridgehead atoms. The molecule has 0 N–H and O–H groups in total. The molecule has 0 radical (unpaired) electrons. The average Bonchev–Trinajstić information content (AvgIpc) is 2.46. The third kappa shape index (κ3) is 2.43. The highest BCUT2D eigenvalue weighted by molar-refractivity contribution is 5.73. The molecule has 5 heteroatoms. The number of nitrogens with zero attached hydrogens (tertiary/aromatic N) is 3. The lowest BCUT2D eigenvalue weighted by molar-refractivity contribution is -0.145. The Kier molecular flexibility index (Phi) is 3.78. The van der Waals surface area contributed by atoms with Crippen molar-refractivity contribution in [1.29, 1.82) is 5.26 Å². The van der Waals surface area contributed by atoms with Gasteiger partial charge in [0.1, 0.15) is 6.07 Å². The van der Waals surface area contributed by atoms with Gasteiger partial charge in [-0.3, -0.25) is 9.78 Å². The number of ether oxygens (including phenoxy) is 1. The molecule has 5 nitrogen and oxygen atoms in total. The van der Waals surface area contributed by atoms with Crippen LogP contribution in [0.4, 0.5) is 5.69 Å². The first-order valence-corrected chi connectivity index (χ1v) is 5.93. The van der Waals surface area contributed by atoms with Crippen molar-refractivity contribution in [3.05, 3.63) is 24.0 Å². The van der Waals surface area contributed by atoms with E-state index in [0.717, 1.165) is 25.1 Å². The van der Waals surface area contributed by atoms with Crippen LogP contribution in [-0.2, 0) is 9.53 Å². The summed E-state index contributed by atoms with van der Waals surface area (Å²) >= 11 is 0. The molecule has 94 valence electrons. The van der Waals surface area contributed by atoms with Crippen LogP contribution in [0.2, 0.25) is 0 Å². The molecule has 1 aromatic heterocycles. The Morgan fingerprint density at radius 2 is 2.50 bits per heavy atom. The smallest absolute Gasteiger partial charge is 0.310 e. The molecule has 2 rings (SSSR count). The van der Waals surface area contributed by atoms with E-state index < -0.39 is 0 Å². The van der Waals surface area contributed by atoms with E-state index in [-0.39, 0.29) is 11.9 Å². The fraction of sp³-hybridized carbons (Fsp3) is 0.462. The normalized spacial score (nSPS) is 19.1. The number of aromatic nitrogens is 1. The molecular formula is C13H15N3O2. The fourth-order valence-corrected chi connectivity index (χ4v) is 2.29. The molecule has 1 aliphatic rings. The van der Waals surface area contributed by atoms with E-state index in [9.17, 15) is 4.79 Å². The Morgan fingerprint density at radius 3 is 3.22 bits per heavy atom. The van der Waals surface area contributed by atoms with Crippen molar-refractivity contribution in [2.24, 2.45) is 5.92 Å². The molecule has 1 aliphatic heterocycles. The second-order valence-corrected chi connectivity index (χ2v) is 4.31. The second kappa shape index (κ2) is 5.50. The van der Waals surface area contributed by atoms with Crippen molar-refractivity contribution in [1.82, 2.24) is 4.98 Å². The maximum absolute atomic E-state index is 11.6. The highest BCUT2D eigenvalue weighted by Gasteiger charge is 2.27. The lowest BCUT2D eigenvalue weighted by Gasteiger charge is -2.33. The van der Waals surface area contributed by atoms with Gasteiger partial charge >= 0.3 is 5.97 Å². The molecule has 0 amide bonds. The maximum atomic E-state index is 11.6. The molecule has 0 aromatic carbocycles. The molecule has 0 saturated carbocycles. The van der Waals surface area contributed by atoms with Crippen molar-refractivity contribution < 1.29 is 9.53 Å². The number of methoxy groups -OCH3 is 1. The monoisotopic (exact) mass is 245 g/mol. The van der Waals surface area contributed by atoms with E-state index in [1.165, 1.54) is 7.11 Å². The number of rotatable bonds is 2. The van der Waals surface area contributed by atoms with Crippen LogP contribution < -0.4 is 4.90 Å². The van der Waals surface area contributed by atoms with Crippen molar-refractivity contribution >= 4 is 11.7 Å². The molecule has 1 saturated heterocycles. The van der Waals surface area contributed by atoms with Crippen LogP contribution in [0.5, 0.6) is 0 Å². The van der Waals surface area contributed by atoms with E-state index in [0.29, 0.717) is 12.1 Å². The van der Waals surface area contributed by atoms with Gasteiger partial charge < -0.3 is 9.64 Å². The van der Waals surface area contributed by atoms with Gasteiger partial charge in [0.2, 0.25) is 0 Å². The summed E-state index contributed by atoms with van der Waals surface area (Å²) in [5.74, 6) is -0.294. The number of pyridine rings is 1. The molecule has 0 aliphatic carbocycles. The number of anilines is 1. The number of esters is 1. The minimum Gasteiger partial charge on any atom is -0.469 e. The quantitative estimate of drug-likeness (QED) is 0.736. The van der Waals surface area contributed by atoms with Gasteiger partial charge in [-0.15, -0.1) is 0 Å². The minimum atomic E-state index is -0.179. The number of carbonyl (C=O) groups is 1. The summed E-state index contributed by atoms with van der Waals surface area (Å²) < 4.78 is 4.78. The maximum Gasteiger partial charge on any atom is 0.310 e. The third-order valence-electron chi connectivity index (χ3n) is 3.22. The minimum absolute atomic E-state index is 0.115. The van der Waals surface area contributed by atoms with Crippen LogP contribution in [0.3, 0.4) is 0 Å². The summed E-state index contributed by atoms with van der Waals surface area (Å²) in [6.45, 7) is 1.43. The molecule has 1 unspecified atom stereocenters. The lowest BCUT2D eigenvalue weighted by atomic mass is 9.97. The third-order valence-corrected chi connectivity index (χ3v) is 3.22. The topological polar surface area (TPSA) is 66.2 Å². The van der Waals surface area contributed by atoms with Crippen LogP contribution in [0.15, 0.2) is 18.5 Å². The molecule has 0 spiro atoms. The molecule has 2 heterocycles. The first kappa shape index (κ1) is 12.4. The first-order valence-electron chi connectivity index (χ1n) is 5.93. The standard InChI is InChI=1S/C13H15N3O2/c1-18-13(17)11-3-2-6-16(9-11)12-8-15-5-4-10(12)7-14/h4-5,8,11H,2-3,6,9H2,1H3. The summed E-state index contributed by atoms with van der Waals surface area (Å²) in [4.78, 5) is 17.7. The van der Waals surface area contributed by atoms with Crippen LogP contribution in [0.1, 0.15) is 18.4 Å². The van der Waals surface area contributed by atoms with Gasteiger partial charge in [0.25, 0.3) is 0 Å². The predicted octanol–water partition coefficient (Wildman–Crippen LogP) is 1.34. The zero-order valence-corrected chi connectivity index (χ0v) is 10.3. The Labute approximate surface area is 106 Å². The molecule has 1 atom stereocenters. The van der Waals surface area contributed by atoms with Crippen LogP contribution in [0, 0.1) is 17.2 Å². The summed E-state index contributed by atoms with van der Waals surface area (Å²) in [6, 6.07) is 3.84. The highest BCUT2D eigenvalue weighted by atomic mass is 16.5. The second-order valence-electron chi connectivity index (χ2n) is 4.31. The van der Waals surface area contributed by atoms with Gasteiger partial charge in [-0.2, -0.15) is 5.26 Å². The Hall–Kier alpha value is -2.09. The summed E-state index contributed by atoms with van der Waals surface area (Å²) in [7, 11) is 1.41. The summed E-state index contributed by atoms with van der Waals surface area (Å²) in [5.41, 5.74) is 1.39. The van der Waals surface area contributed by atoms with E-state index in [2.05, 4.69) is 11.1 Å². The Balaban J connectivity index is 2.18. The first-order chi connectivity index (χ1) is 8.76. The number of nitriles is 1. The Morgan fingerprint density at radius 1 is 1.67 bits per heavy atom. The van der Waals surface area contributed by atoms with E-state index in [1.807, 2.05) is 4.90 Å². The van der Waals surface area contributed by atoms with Gasteiger partial charge in [-0.05, 0) is 18.9 Å². The molecule has 1 fully saturated rings. The highest BCUT2D eigenvalue weighted by Crippen LogP contribution is 2.25. The largest absolute Gasteiger partial charge is 0.469 e. The van der Waals surface area contributed by atoms with Crippen molar-refractivity contribution in [3.8, 4) is 6.07 Å².